The molecule has 0 N–H and O–H groups in total. The highest BCUT2D eigenvalue weighted by Crippen LogP contribution is 2.55. The lowest BCUT2D eigenvalue weighted by atomic mass is 10.0. The maximum absolute atomic E-state index is 12.9. The largest absolute Gasteiger partial charge is 0.357 e. The summed E-state index contributed by atoms with van der Waals surface area (Å²) < 4.78 is 134. The maximum Gasteiger partial charge on any atom is 0.357 e. The zero-order valence-corrected chi connectivity index (χ0v) is 8.79. The molecule has 12 heteroatoms. The highest BCUT2D eigenvalue weighted by Gasteiger charge is 2.75. The van der Waals surface area contributed by atoms with Gasteiger partial charge in [-0.3, -0.25) is 0 Å². The van der Waals surface area contributed by atoms with Gasteiger partial charge in [-0.25, -0.2) is 4.39 Å². The van der Waals surface area contributed by atoms with Crippen LogP contribution in [0.25, 0.3) is 0 Å². The summed E-state index contributed by atoms with van der Waals surface area (Å²) in [5.74, 6) is -21.0. The van der Waals surface area contributed by atoms with Gasteiger partial charge in [0.05, 0.1) is 0 Å². The SMILES string of the molecule is FC(F)=C(F)C(F)(F)C(F)(Cl)C(F)(F)C(F)=C(F)F. The molecule has 0 bridgehead atoms. The molecule has 0 aliphatic heterocycles. The van der Waals surface area contributed by atoms with E-state index in [1.54, 1.807) is 0 Å². The van der Waals surface area contributed by atoms with Crippen LogP contribution in [0.3, 0.4) is 0 Å². The Labute approximate surface area is 102 Å². The monoisotopic (exact) mass is 328 g/mol. The summed E-state index contributed by atoms with van der Waals surface area (Å²) in [5, 5.41) is -6.22. The van der Waals surface area contributed by atoms with Gasteiger partial charge >= 0.3 is 29.1 Å². The van der Waals surface area contributed by atoms with Gasteiger partial charge < -0.3 is 0 Å². The minimum absolute atomic E-state index is 3.82. The Balaban J connectivity index is 6.02. The van der Waals surface area contributed by atoms with Crippen molar-refractivity contribution in [3.8, 4) is 0 Å². The fourth-order valence-corrected chi connectivity index (χ4v) is 0.876. The van der Waals surface area contributed by atoms with E-state index in [4.69, 9.17) is 0 Å². The van der Waals surface area contributed by atoms with Crippen molar-refractivity contribution in [2.45, 2.75) is 17.0 Å². The van der Waals surface area contributed by atoms with E-state index in [1.807, 2.05) is 0 Å². The molecular weight excluding hydrogens is 329 g/mol. The second kappa shape index (κ2) is 5.17. The molecule has 0 unspecified atom stereocenters. The average Bonchev–Trinajstić information content (AvgIpc) is 2.25. The van der Waals surface area contributed by atoms with Crippen LogP contribution in [-0.2, 0) is 0 Å². The van der Waals surface area contributed by atoms with Gasteiger partial charge in [0, 0.05) is 0 Å². The Hall–Kier alpha value is -1.00. The maximum atomic E-state index is 12.9. The average molecular weight is 329 g/mol. The molecule has 0 fully saturated rings. The number of alkyl halides is 6. The molecule has 112 valence electrons. The van der Waals surface area contributed by atoms with Crippen LogP contribution in [0.15, 0.2) is 23.8 Å². The number of hydrogen-bond acceptors (Lipinski definition) is 0. The fraction of sp³-hybridized carbons (Fsp3) is 0.429. The summed E-state index contributed by atoms with van der Waals surface area (Å²) in [7, 11) is 0. The lowest BCUT2D eigenvalue weighted by Gasteiger charge is -2.31. The molecule has 19 heavy (non-hydrogen) atoms. The van der Waals surface area contributed by atoms with E-state index in [-0.39, 0.29) is 0 Å². The molecule has 0 aliphatic carbocycles. The smallest absolute Gasteiger partial charge is 0.211 e. The summed E-state index contributed by atoms with van der Waals surface area (Å²) in [5.41, 5.74) is 0. The van der Waals surface area contributed by atoms with E-state index in [0.717, 1.165) is 0 Å². The number of allylic oxidation sites excluding steroid dienone is 2. The lowest BCUT2D eigenvalue weighted by Crippen LogP contribution is -2.54. The standard InChI is InChI=1S/C7ClF11/c8-7(19,5(15,16)1(9)3(11)12)6(17,18)2(10)4(13)14. The molecule has 0 radical (unpaired) electrons. The van der Waals surface area contributed by atoms with Crippen LogP contribution in [0, 0.1) is 0 Å². The molecule has 0 saturated carbocycles. The lowest BCUT2D eigenvalue weighted by molar-refractivity contribution is -0.188. The summed E-state index contributed by atoms with van der Waals surface area (Å²) in [6.07, 6.45) is -7.87. The molecule has 0 amide bonds. The van der Waals surface area contributed by atoms with Crippen LogP contribution in [0.5, 0.6) is 0 Å². The van der Waals surface area contributed by atoms with Crippen molar-refractivity contribution in [3.05, 3.63) is 23.8 Å². The van der Waals surface area contributed by atoms with Gasteiger partial charge in [-0.15, -0.1) is 0 Å². The second-order valence-corrected chi connectivity index (χ2v) is 3.39. The Morgan fingerprint density at radius 2 is 0.789 bits per heavy atom. The molecule has 0 heterocycles. The van der Waals surface area contributed by atoms with Crippen molar-refractivity contribution in [1.29, 1.82) is 0 Å². The second-order valence-electron chi connectivity index (χ2n) is 2.87. The molecule has 0 atom stereocenters. The summed E-state index contributed by atoms with van der Waals surface area (Å²) in [4.78, 5) is 0. The molecule has 0 aromatic heterocycles. The molecule has 0 aromatic carbocycles. The highest BCUT2D eigenvalue weighted by molar-refractivity contribution is 6.24. The predicted octanol–water partition coefficient (Wildman–Crippen LogP) is 5.32. The molecule has 0 nitrogen and oxygen atoms in total. The van der Waals surface area contributed by atoms with Crippen molar-refractivity contribution in [3.63, 3.8) is 0 Å². The van der Waals surface area contributed by atoms with Crippen molar-refractivity contribution < 1.29 is 48.3 Å². The van der Waals surface area contributed by atoms with Gasteiger partial charge in [0.15, 0.2) is 0 Å². The third-order valence-corrected chi connectivity index (χ3v) is 2.15. The molecule has 0 rings (SSSR count). The number of hydrogen-bond donors (Lipinski definition) is 0. The van der Waals surface area contributed by atoms with Crippen molar-refractivity contribution in [2.24, 2.45) is 0 Å². The van der Waals surface area contributed by atoms with Crippen LogP contribution in [0.1, 0.15) is 0 Å². The quantitative estimate of drug-likeness (QED) is 0.484. The first-order chi connectivity index (χ1) is 8.21. The van der Waals surface area contributed by atoms with Gasteiger partial charge in [-0.05, 0) is 0 Å². The van der Waals surface area contributed by atoms with Crippen molar-refractivity contribution in [1.82, 2.24) is 0 Å². The number of rotatable bonds is 4. The predicted molar refractivity (Wildman–Crippen MR) is 40.3 cm³/mol. The third-order valence-electron chi connectivity index (χ3n) is 1.67. The van der Waals surface area contributed by atoms with Gasteiger partial charge in [-0.1, -0.05) is 11.6 Å². The Bertz CT molecular complexity index is 375. The first-order valence-electron chi connectivity index (χ1n) is 3.77. The summed E-state index contributed by atoms with van der Waals surface area (Å²) in [6, 6.07) is 0. The van der Waals surface area contributed by atoms with Crippen LogP contribution in [-0.4, -0.2) is 17.0 Å². The zero-order chi connectivity index (χ0) is 15.8. The molecule has 0 aliphatic rings. The van der Waals surface area contributed by atoms with Crippen molar-refractivity contribution in [2.75, 3.05) is 0 Å². The van der Waals surface area contributed by atoms with E-state index in [1.165, 1.54) is 0 Å². The molecule has 0 spiro atoms. The minimum Gasteiger partial charge on any atom is -0.211 e. The Morgan fingerprint density at radius 3 is 0.947 bits per heavy atom. The zero-order valence-electron chi connectivity index (χ0n) is 8.04. The normalized spacial score (nSPS) is 13.3. The summed E-state index contributed by atoms with van der Waals surface area (Å²) in [6.45, 7) is 0. The Kier molecular flexibility index (Phi) is 4.90. The van der Waals surface area contributed by atoms with Gasteiger partial charge in [0.1, 0.15) is 0 Å². The molecular formula is C7ClF11. The minimum atomic E-state index is -6.47. The molecule has 0 saturated heterocycles. The van der Waals surface area contributed by atoms with E-state index in [0.29, 0.717) is 0 Å². The van der Waals surface area contributed by atoms with Crippen LogP contribution < -0.4 is 0 Å². The summed E-state index contributed by atoms with van der Waals surface area (Å²) >= 11 is 3.82. The Morgan fingerprint density at radius 1 is 0.579 bits per heavy atom. The van der Waals surface area contributed by atoms with Crippen molar-refractivity contribution >= 4 is 11.6 Å². The first-order valence-corrected chi connectivity index (χ1v) is 4.15. The van der Waals surface area contributed by atoms with E-state index in [9.17, 15) is 48.3 Å². The van der Waals surface area contributed by atoms with E-state index < -0.39 is 40.8 Å². The number of halogens is 12. The van der Waals surface area contributed by atoms with Gasteiger partial charge in [0.25, 0.3) is 0 Å². The fourth-order valence-electron chi connectivity index (χ4n) is 0.710. The third kappa shape index (κ3) is 2.79. The van der Waals surface area contributed by atoms with Gasteiger partial charge in [-0.2, -0.15) is 43.9 Å². The molecule has 0 aromatic rings. The van der Waals surface area contributed by atoms with Crippen LogP contribution in [0.2, 0.25) is 0 Å². The van der Waals surface area contributed by atoms with Crippen LogP contribution >= 0.6 is 11.6 Å². The van der Waals surface area contributed by atoms with E-state index in [2.05, 4.69) is 11.6 Å². The highest BCUT2D eigenvalue weighted by atomic mass is 35.5. The topological polar surface area (TPSA) is 0 Å². The van der Waals surface area contributed by atoms with Gasteiger partial charge in [0.2, 0.25) is 11.7 Å². The first kappa shape index (κ1) is 18.0. The van der Waals surface area contributed by atoms with E-state index >= 15 is 0 Å². The van der Waals surface area contributed by atoms with Crippen LogP contribution in [0.4, 0.5) is 48.3 Å².